The number of fused-ring (bicyclic) bond motifs is 1. The Kier molecular flexibility index (Phi) is 5.38. The van der Waals surface area contributed by atoms with E-state index in [-0.39, 0.29) is 36.5 Å². The van der Waals surface area contributed by atoms with Crippen molar-refractivity contribution < 1.29 is 9.59 Å². The summed E-state index contributed by atoms with van der Waals surface area (Å²) in [5.41, 5.74) is 0.675. The first-order chi connectivity index (χ1) is 11.2. The van der Waals surface area contributed by atoms with Crippen molar-refractivity contribution in [2.45, 2.75) is 40.3 Å². The Labute approximate surface area is 144 Å². The molecule has 0 fully saturated rings. The molecule has 0 bridgehead atoms. The third kappa shape index (κ3) is 3.81. The Balaban J connectivity index is 2.16. The van der Waals surface area contributed by atoms with E-state index in [0.717, 1.165) is 10.4 Å². The first-order valence-electron chi connectivity index (χ1n) is 7.69. The minimum atomic E-state index is -0.318. The second-order valence-corrected chi connectivity index (χ2v) is 7.32. The molecular formula is C16H22N4O3S. The third-order valence-electron chi connectivity index (χ3n) is 3.72. The summed E-state index contributed by atoms with van der Waals surface area (Å²) in [6.07, 6.45) is 1.39. The van der Waals surface area contributed by atoms with E-state index in [1.807, 2.05) is 27.7 Å². The van der Waals surface area contributed by atoms with Crippen LogP contribution in [0.3, 0.4) is 0 Å². The highest BCUT2D eigenvalue weighted by Gasteiger charge is 2.17. The lowest BCUT2D eigenvalue weighted by Gasteiger charge is -2.18. The summed E-state index contributed by atoms with van der Waals surface area (Å²) in [6, 6.07) is 0.0139. The standard InChI is InChI=1S/C16H22N4O3S/c1-9(2)18-12(21)6-19(5)13(22)7-20-8-17-15-14(16(20)23)10(3)11(4)24-15/h8-9H,6-7H2,1-5H3,(H,18,21). The van der Waals surface area contributed by atoms with Crippen molar-refractivity contribution in [3.8, 4) is 0 Å². The average Bonchev–Trinajstić information content (AvgIpc) is 2.76. The van der Waals surface area contributed by atoms with Gasteiger partial charge in [0.1, 0.15) is 11.4 Å². The van der Waals surface area contributed by atoms with E-state index in [9.17, 15) is 14.4 Å². The predicted molar refractivity (Wildman–Crippen MR) is 94.3 cm³/mol. The smallest absolute Gasteiger partial charge is 0.262 e. The lowest BCUT2D eigenvalue weighted by atomic mass is 10.2. The molecule has 0 radical (unpaired) electrons. The second-order valence-electron chi connectivity index (χ2n) is 6.11. The fourth-order valence-electron chi connectivity index (χ4n) is 2.32. The van der Waals surface area contributed by atoms with Crippen LogP contribution in [0.4, 0.5) is 0 Å². The fourth-order valence-corrected chi connectivity index (χ4v) is 3.31. The number of rotatable bonds is 5. The van der Waals surface area contributed by atoms with E-state index in [0.29, 0.717) is 10.2 Å². The van der Waals surface area contributed by atoms with Crippen LogP contribution in [0.25, 0.3) is 10.2 Å². The molecule has 7 nitrogen and oxygen atoms in total. The van der Waals surface area contributed by atoms with E-state index in [4.69, 9.17) is 0 Å². The lowest BCUT2D eigenvalue weighted by Crippen LogP contribution is -2.42. The summed E-state index contributed by atoms with van der Waals surface area (Å²) in [5.74, 6) is -0.548. The van der Waals surface area contributed by atoms with Gasteiger partial charge in [0.05, 0.1) is 18.3 Å². The molecule has 0 aliphatic rings. The normalized spacial score (nSPS) is 11.1. The molecule has 0 spiro atoms. The molecule has 2 amide bonds. The van der Waals surface area contributed by atoms with Gasteiger partial charge in [0.15, 0.2) is 0 Å². The molecule has 2 rings (SSSR count). The van der Waals surface area contributed by atoms with Gasteiger partial charge in [0.2, 0.25) is 11.8 Å². The number of hydrogen-bond donors (Lipinski definition) is 1. The molecule has 0 atom stereocenters. The zero-order valence-electron chi connectivity index (χ0n) is 14.5. The molecule has 0 aliphatic heterocycles. The van der Waals surface area contributed by atoms with Crippen LogP contribution in [0.2, 0.25) is 0 Å². The van der Waals surface area contributed by atoms with Gasteiger partial charge < -0.3 is 10.2 Å². The molecule has 0 aromatic carbocycles. The number of amides is 2. The van der Waals surface area contributed by atoms with Crippen molar-refractivity contribution >= 4 is 33.4 Å². The molecule has 1 N–H and O–H groups in total. The summed E-state index contributed by atoms with van der Waals surface area (Å²) < 4.78 is 1.29. The van der Waals surface area contributed by atoms with Crippen molar-refractivity contribution in [1.29, 1.82) is 0 Å². The zero-order valence-corrected chi connectivity index (χ0v) is 15.4. The molecule has 130 valence electrons. The number of likely N-dealkylation sites (N-methyl/N-ethyl adjacent to an activating group) is 1. The van der Waals surface area contributed by atoms with E-state index in [1.54, 1.807) is 7.05 Å². The Morgan fingerprint density at radius 2 is 2.04 bits per heavy atom. The van der Waals surface area contributed by atoms with Crippen molar-refractivity contribution in [3.63, 3.8) is 0 Å². The Morgan fingerprint density at radius 3 is 2.67 bits per heavy atom. The molecule has 24 heavy (non-hydrogen) atoms. The van der Waals surface area contributed by atoms with Gasteiger partial charge >= 0.3 is 0 Å². The number of hydrogen-bond acceptors (Lipinski definition) is 5. The summed E-state index contributed by atoms with van der Waals surface area (Å²) in [5, 5.41) is 3.29. The predicted octanol–water partition coefficient (Wildman–Crippen LogP) is 1.06. The van der Waals surface area contributed by atoms with E-state index in [2.05, 4.69) is 10.3 Å². The fraction of sp³-hybridized carbons (Fsp3) is 0.500. The molecule has 0 unspecified atom stereocenters. The summed E-state index contributed by atoms with van der Waals surface area (Å²) >= 11 is 1.47. The molecule has 0 saturated carbocycles. The number of nitrogens with zero attached hydrogens (tertiary/aromatic N) is 3. The topological polar surface area (TPSA) is 84.3 Å². The van der Waals surface area contributed by atoms with Gasteiger partial charge in [-0.2, -0.15) is 0 Å². The van der Waals surface area contributed by atoms with Crippen LogP contribution in [0.5, 0.6) is 0 Å². The molecule has 0 saturated heterocycles. The third-order valence-corrected chi connectivity index (χ3v) is 4.83. The van der Waals surface area contributed by atoms with Gasteiger partial charge in [-0.3, -0.25) is 19.0 Å². The van der Waals surface area contributed by atoms with Crippen LogP contribution in [-0.4, -0.2) is 45.9 Å². The van der Waals surface area contributed by atoms with Gasteiger partial charge in [-0.25, -0.2) is 4.98 Å². The van der Waals surface area contributed by atoms with E-state index in [1.165, 1.54) is 27.1 Å². The Bertz CT molecular complexity index is 838. The summed E-state index contributed by atoms with van der Waals surface area (Å²) in [7, 11) is 1.54. The number of aryl methyl sites for hydroxylation is 2. The number of thiophene rings is 1. The first kappa shape index (κ1) is 18.1. The highest BCUT2D eigenvalue weighted by atomic mass is 32.1. The number of carbonyl (C=O) groups excluding carboxylic acids is 2. The van der Waals surface area contributed by atoms with Crippen LogP contribution < -0.4 is 10.9 Å². The summed E-state index contributed by atoms with van der Waals surface area (Å²) in [6.45, 7) is 7.35. The minimum Gasteiger partial charge on any atom is -0.352 e. The number of carbonyl (C=O) groups is 2. The molecule has 2 aromatic rings. The maximum Gasteiger partial charge on any atom is 0.262 e. The van der Waals surface area contributed by atoms with E-state index < -0.39 is 0 Å². The Morgan fingerprint density at radius 1 is 1.38 bits per heavy atom. The first-order valence-corrected chi connectivity index (χ1v) is 8.50. The van der Waals surface area contributed by atoms with Gasteiger partial charge in [0, 0.05) is 18.0 Å². The molecule has 2 heterocycles. The van der Waals surface area contributed by atoms with Crippen molar-refractivity contribution in [1.82, 2.24) is 19.8 Å². The largest absolute Gasteiger partial charge is 0.352 e. The van der Waals surface area contributed by atoms with Gasteiger partial charge in [-0.1, -0.05) is 0 Å². The van der Waals surface area contributed by atoms with Crippen molar-refractivity contribution in [2.75, 3.05) is 13.6 Å². The monoisotopic (exact) mass is 350 g/mol. The van der Waals surface area contributed by atoms with Crippen LogP contribution in [0.1, 0.15) is 24.3 Å². The van der Waals surface area contributed by atoms with Crippen LogP contribution in [0.15, 0.2) is 11.1 Å². The number of aromatic nitrogens is 2. The molecular weight excluding hydrogens is 328 g/mol. The summed E-state index contributed by atoms with van der Waals surface area (Å²) in [4.78, 5) is 43.9. The molecule has 0 aliphatic carbocycles. The number of nitrogens with one attached hydrogen (secondary N) is 1. The van der Waals surface area contributed by atoms with Crippen LogP contribution in [0, 0.1) is 13.8 Å². The quantitative estimate of drug-likeness (QED) is 0.874. The lowest BCUT2D eigenvalue weighted by molar-refractivity contribution is -0.135. The van der Waals surface area contributed by atoms with Crippen molar-refractivity contribution in [2.24, 2.45) is 0 Å². The molecule has 8 heteroatoms. The van der Waals surface area contributed by atoms with Gasteiger partial charge in [0.25, 0.3) is 5.56 Å². The van der Waals surface area contributed by atoms with Crippen LogP contribution in [-0.2, 0) is 16.1 Å². The van der Waals surface area contributed by atoms with Crippen LogP contribution >= 0.6 is 11.3 Å². The van der Waals surface area contributed by atoms with Gasteiger partial charge in [-0.15, -0.1) is 11.3 Å². The van der Waals surface area contributed by atoms with Gasteiger partial charge in [-0.05, 0) is 33.3 Å². The van der Waals surface area contributed by atoms with Crippen molar-refractivity contribution in [3.05, 3.63) is 27.1 Å². The Hall–Kier alpha value is -2.22. The highest BCUT2D eigenvalue weighted by molar-refractivity contribution is 7.18. The minimum absolute atomic E-state index is 0.0139. The maximum absolute atomic E-state index is 12.6. The maximum atomic E-state index is 12.6. The highest BCUT2D eigenvalue weighted by Crippen LogP contribution is 2.25. The molecule has 2 aromatic heterocycles. The zero-order chi connectivity index (χ0) is 18.0. The SMILES string of the molecule is Cc1sc2ncn(CC(=O)N(C)CC(=O)NC(C)C)c(=O)c2c1C. The average molecular weight is 350 g/mol. The van der Waals surface area contributed by atoms with E-state index >= 15 is 0 Å². The second kappa shape index (κ2) is 7.12.